The van der Waals surface area contributed by atoms with Gasteiger partial charge in [-0.25, -0.2) is 13.4 Å². The summed E-state index contributed by atoms with van der Waals surface area (Å²) in [6, 6.07) is 3.01. The molecule has 1 aliphatic carbocycles. The number of anilines is 1. The zero-order valence-corrected chi connectivity index (χ0v) is 17.2. The molecule has 1 aromatic heterocycles. The molecule has 0 aliphatic heterocycles. The summed E-state index contributed by atoms with van der Waals surface area (Å²) in [5.41, 5.74) is 1.02. The van der Waals surface area contributed by atoms with Crippen LogP contribution in [0.4, 0.5) is 5.13 Å². The van der Waals surface area contributed by atoms with Crippen molar-refractivity contribution in [3.05, 3.63) is 27.2 Å². The van der Waals surface area contributed by atoms with Crippen molar-refractivity contribution in [3.63, 3.8) is 0 Å². The molecular weight excluding hydrogens is 428 g/mol. The van der Waals surface area contributed by atoms with Crippen LogP contribution >= 0.6 is 27.3 Å². The third-order valence-electron chi connectivity index (χ3n) is 4.04. The number of aromatic nitrogens is 1. The Kier molecular flexibility index (Phi) is 5.55. The molecule has 0 saturated carbocycles. The van der Waals surface area contributed by atoms with E-state index in [1.807, 2.05) is 0 Å². The Morgan fingerprint density at radius 1 is 1.12 bits per heavy atom. The van der Waals surface area contributed by atoms with Crippen LogP contribution in [0.2, 0.25) is 0 Å². The van der Waals surface area contributed by atoms with Crippen LogP contribution in [0.5, 0.6) is 11.5 Å². The molecule has 1 aliphatic rings. The molecule has 136 valence electrons. The number of halogens is 1. The van der Waals surface area contributed by atoms with Crippen molar-refractivity contribution in [3.8, 4) is 11.5 Å². The van der Waals surface area contributed by atoms with Gasteiger partial charge in [-0.3, -0.25) is 4.72 Å². The number of ether oxygens (including phenoxy) is 2. The second-order valence-corrected chi connectivity index (χ2v) is 9.28. The number of nitrogens with one attached hydrogen (secondary N) is 1. The first kappa shape index (κ1) is 18.5. The van der Waals surface area contributed by atoms with Crippen molar-refractivity contribution in [2.75, 3.05) is 18.9 Å². The molecular formula is C16H19BrN2O4S2. The van der Waals surface area contributed by atoms with Gasteiger partial charge >= 0.3 is 0 Å². The molecule has 0 fully saturated rings. The van der Waals surface area contributed by atoms with Crippen molar-refractivity contribution < 1.29 is 17.9 Å². The largest absolute Gasteiger partial charge is 0.493 e. The number of hydrogen-bond donors (Lipinski definition) is 1. The topological polar surface area (TPSA) is 77.5 Å². The summed E-state index contributed by atoms with van der Waals surface area (Å²) in [6.07, 6.45) is 5.30. The highest BCUT2D eigenvalue weighted by Gasteiger charge is 2.24. The van der Waals surface area contributed by atoms with Crippen molar-refractivity contribution in [2.24, 2.45) is 0 Å². The monoisotopic (exact) mass is 446 g/mol. The molecule has 2 aromatic rings. The van der Waals surface area contributed by atoms with Gasteiger partial charge in [0, 0.05) is 15.4 Å². The lowest BCUT2D eigenvalue weighted by Gasteiger charge is -2.12. The highest BCUT2D eigenvalue weighted by Crippen LogP contribution is 2.37. The number of nitrogens with zero attached hydrogens (tertiary/aromatic N) is 1. The van der Waals surface area contributed by atoms with Crippen LogP contribution in [0.3, 0.4) is 0 Å². The van der Waals surface area contributed by atoms with Crippen LogP contribution in [0.15, 0.2) is 21.5 Å². The summed E-state index contributed by atoms with van der Waals surface area (Å²) >= 11 is 4.72. The zero-order chi connectivity index (χ0) is 18.0. The van der Waals surface area contributed by atoms with E-state index in [9.17, 15) is 8.42 Å². The quantitative estimate of drug-likeness (QED) is 0.702. The van der Waals surface area contributed by atoms with Gasteiger partial charge in [-0.15, -0.1) is 11.3 Å². The van der Waals surface area contributed by atoms with Crippen molar-refractivity contribution in [2.45, 2.75) is 37.0 Å². The van der Waals surface area contributed by atoms with Crippen LogP contribution in [-0.4, -0.2) is 27.6 Å². The highest BCUT2D eigenvalue weighted by atomic mass is 79.9. The van der Waals surface area contributed by atoms with Gasteiger partial charge in [0.15, 0.2) is 16.6 Å². The Morgan fingerprint density at radius 3 is 2.52 bits per heavy atom. The Bertz CT molecular complexity index is 857. The Balaban J connectivity index is 1.92. The molecule has 9 heteroatoms. The SMILES string of the molecule is COc1cc(Br)c(S(=O)(=O)Nc2nc3c(s2)CCCCC3)cc1OC. The van der Waals surface area contributed by atoms with Gasteiger partial charge in [0.1, 0.15) is 4.90 Å². The van der Waals surface area contributed by atoms with Gasteiger partial charge in [0.05, 0.1) is 19.9 Å². The fourth-order valence-corrected chi connectivity index (χ4v) is 6.11. The first-order chi connectivity index (χ1) is 11.9. The number of thiazole rings is 1. The molecule has 3 rings (SSSR count). The number of methoxy groups -OCH3 is 2. The van der Waals surface area contributed by atoms with E-state index in [-0.39, 0.29) is 4.90 Å². The second-order valence-electron chi connectivity index (χ2n) is 5.69. The van der Waals surface area contributed by atoms with Crippen LogP contribution in [0, 0.1) is 0 Å². The third kappa shape index (κ3) is 3.93. The molecule has 0 saturated heterocycles. The summed E-state index contributed by atoms with van der Waals surface area (Å²) in [4.78, 5) is 5.75. The first-order valence-corrected chi connectivity index (χ1v) is 11.0. The Morgan fingerprint density at radius 2 is 1.80 bits per heavy atom. The average molecular weight is 447 g/mol. The number of sulfonamides is 1. The lowest BCUT2D eigenvalue weighted by atomic mass is 10.2. The molecule has 0 spiro atoms. The maximum Gasteiger partial charge on any atom is 0.264 e. The maximum absolute atomic E-state index is 12.8. The predicted molar refractivity (Wildman–Crippen MR) is 101 cm³/mol. The molecule has 1 N–H and O–H groups in total. The zero-order valence-electron chi connectivity index (χ0n) is 14.0. The molecule has 0 radical (unpaired) electrons. The summed E-state index contributed by atoms with van der Waals surface area (Å²) in [5.74, 6) is 0.801. The maximum atomic E-state index is 12.8. The van der Waals surface area contributed by atoms with E-state index < -0.39 is 10.0 Å². The molecule has 0 unspecified atom stereocenters. The van der Waals surface area contributed by atoms with Crippen LogP contribution < -0.4 is 14.2 Å². The van der Waals surface area contributed by atoms with Crippen molar-refractivity contribution in [1.29, 1.82) is 0 Å². The molecule has 1 heterocycles. The highest BCUT2D eigenvalue weighted by molar-refractivity contribution is 9.10. The summed E-state index contributed by atoms with van der Waals surface area (Å²) in [7, 11) is -0.830. The van der Waals surface area contributed by atoms with E-state index in [0.29, 0.717) is 21.1 Å². The number of fused-ring (bicyclic) bond motifs is 1. The third-order valence-corrected chi connectivity index (χ3v) is 7.54. The molecule has 25 heavy (non-hydrogen) atoms. The minimum atomic E-state index is -3.79. The summed E-state index contributed by atoms with van der Waals surface area (Å²) in [5, 5.41) is 0.411. The number of hydrogen-bond acceptors (Lipinski definition) is 6. The van der Waals surface area contributed by atoms with E-state index in [2.05, 4.69) is 25.6 Å². The van der Waals surface area contributed by atoms with E-state index >= 15 is 0 Å². The first-order valence-electron chi connectivity index (χ1n) is 7.87. The molecule has 0 bridgehead atoms. The fourth-order valence-electron chi connectivity index (χ4n) is 2.78. The molecule has 1 aromatic carbocycles. The Hall–Kier alpha value is -1.32. The second kappa shape index (κ2) is 7.51. The van der Waals surface area contributed by atoms with Crippen LogP contribution in [-0.2, 0) is 22.9 Å². The standard InChI is InChI=1S/C16H19BrN2O4S2/c1-22-12-8-10(17)15(9-13(12)23-2)25(20,21)19-16-18-11-6-4-3-5-7-14(11)24-16/h8-9H,3-7H2,1-2H3,(H,18,19). The van der Waals surface area contributed by atoms with E-state index in [1.54, 1.807) is 6.07 Å². The van der Waals surface area contributed by atoms with E-state index in [4.69, 9.17) is 9.47 Å². The van der Waals surface area contributed by atoms with E-state index in [1.165, 1.54) is 42.9 Å². The minimum absolute atomic E-state index is 0.0792. The van der Waals surface area contributed by atoms with Gasteiger partial charge < -0.3 is 9.47 Å². The number of aryl methyl sites for hydroxylation is 2. The normalized spacial score (nSPS) is 14.5. The molecule has 0 amide bonds. The van der Waals surface area contributed by atoms with Crippen molar-refractivity contribution in [1.82, 2.24) is 4.98 Å². The smallest absolute Gasteiger partial charge is 0.264 e. The lowest BCUT2D eigenvalue weighted by Crippen LogP contribution is -2.14. The molecule has 6 nitrogen and oxygen atoms in total. The van der Waals surface area contributed by atoms with Gasteiger partial charge in [-0.05, 0) is 47.7 Å². The number of rotatable bonds is 5. The average Bonchev–Trinajstić information content (AvgIpc) is 2.81. The summed E-state index contributed by atoms with van der Waals surface area (Å²) < 4.78 is 39.0. The Labute approximate surface area is 159 Å². The van der Waals surface area contributed by atoms with Crippen LogP contribution in [0.25, 0.3) is 0 Å². The molecule has 0 atom stereocenters. The number of benzene rings is 1. The van der Waals surface area contributed by atoms with E-state index in [0.717, 1.165) is 31.4 Å². The lowest BCUT2D eigenvalue weighted by molar-refractivity contribution is 0.353. The van der Waals surface area contributed by atoms with Gasteiger partial charge in [0.2, 0.25) is 0 Å². The summed E-state index contributed by atoms with van der Waals surface area (Å²) in [6.45, 7) is 0. The van der Waals surface area contributed by atoms with Crippen molar-refractivity contribution >= 4 is 42.4 Å². The predicted octanol–water partition coefficient (Wildman–Crippen LogP) is 3.99. The minimum Gasteiger partial charge on any atom is -0.493 e. The van der Waals surface area contributed by atoms with Gasteiger partial charge in [-0.2, -0.15) is 0 Å². The van der Waals surface area contributed by atoms with Gasteiger partial charge in [0.25, 0.3) is 10.0 Å². The fraction of sp³-hybridized carbons (Fsp3) is 0.438. The van der Waals surface area contributed by atoms with Crippen LogP contribution in [0.1, 0.15) is 29.8 Å². The van der Waals surface area contributed by atoms with Gasteiger partial charge in [-0.1, -0.05) is 6.42 Å².